The fourth-order valence-corrected chi connectivity index (χ4v) is 2.73. The standard InChI is InChI=1S/C11H19N5O2S/c1-7(2)12-9(10(17)18)5-6-19-11-13-14-15-16(11)8-3-4-8/h7-9,12H,3-6H2,1-2H3,(H,17,18). The number of nitrogens with one attached hydrogen (secondary N) is 1. The van der Waals surface area contributed by atoms with Gasteiger partial charge >= 0.3 is 5.97 Å². The van der Waals surface area contributed by atoms with Crippen molar-refractivity contribution in [3.8, 4) is 0 Å². The lowest BCUT2D eigenvalue weighted by molar-refractivity contribution is -0.139. The van der Waals surface area contributed by atoms with E-state index < -0.39 is 12.0 Å². The van der Waals surface area contributed by atoms with Crippen LogP contribution in [0.25, 0.3) is 0 Å². The zero-order valence-electron chi connectivity index (χ0n) is 11.1. The summed E-state index contributed by atoms with van der Waals surface area (Å²) in [6.07, 6.45) is 2.81. The van der Waals surface area contributed by atoms with Gasteiger partial charge in [-0.2, -0.15) is 0 Å². The summed E-state index contributed by atoms with van der Waals surface area (Å²) < 4.78 is 1.84. The number of rotatable bonds is 8. The van der Waals surface area contributed by atoms with Crippen LogP contribution in [0.3, 0.4) is 0 Å². The summed E-state index contributed by atoms with van der Waals surface area (Å²) in [7, 11) is 0. The third kappa shape index (κ3) is 4.17. The molecule has 1 heterocycles. The molecule has 1 saturated carbocycles. The average molecular weight is 285 g/mol. The second-order valence-corrected chi connectivity index (χ2v) is 6.05. The Morgan fingerprint density at radius 2 is 2.32 bits per heavy atom. The highest BCUT2D eigenvalue weighted by molar-refractivity contribution is 7.99. The van der Waals surface area contributed by atoms with Crippen LogP contribution in [0.5, 0.6) is 0 Å². The van der Waals surface area contributed by atoms with Crippen molar-refractivity contribution >= 4 is 17.7 Å². The number of thioether (sulfide) groups is 1. The van der Waals surface area contributed by atoms with Crippen molar-refractivity contribution in [1.29, 1.82) is 0 Å². The average Bonchev–Trinajstić information content (AvgIpc) is 3.07. The van der Waals surface area contributed by atoms with Crippen LogP contribution in [0.15, 0.2) is 5.16 Å². The number of carboxylic acids is 1. The van der Waals surface area contributed by atoms with Crippen LogP contribution in [-0.2, 0) is 4.79 Å². The van der Waals surface area contributed by atoms with Gasteiger partial charge < -0.3 is 10.4 Å². The number of aromatic nitrogens is 4. The lowest BCUT2D eigenvalue weighted by atomic mass is 10.2. The van der Waals surface area contributed by atoms with E-state index in [2.05, 4.69) is 20.8 Å². The molecule has 106 valence electrons. The summed E-state index contributed by atoms with van der Waals surface area (Å²) in [6, 6.07) is 0.0854. The van der Waals surface area contributed by atoms with E-state index in [1.807, 2.05) is 18.5 Å². The third-order valence-electron chi connectivity index (χ3n) is 2.83. The Morgan fingerprint density at radius 3 is 2.89 bits per heavy atom. The summed E-state index contributed by atoms with van der Waals surface area (Å²) in [5, 5.41) is 24.6. The molecule has 0 spiro atoms. The maximum Gasteiger partial charge on any atom is 0.320 e. The molecule has 1 atom stereocenters. The number of aliphatic carboxylic acids is 1. The zero-order valence-corrected chi connectivity index (χ0v) is 11.9. The van der Waals surface area contributed by atoms with Gasteiger partial charge in [0.2, 0.25) is 5.16 Å². The van der Waals surface area contributed by atoms with Gasteiger partial charge in [0.25, 0.3) is 0 Å². The number of nitrogens with zero attached hydrogens (tertiary/aromatic N) is 4. The van der Waals surface area contributed by atoms with Crippen molar-refractivity contribution in [3.05, 3.63) is 0 Å². The Labute approximate surface area is 116 Å². The van der Waals surface area contributed by atoms with E-state index in [1.165, 1.54) is 11.8 Å². The monoisotopic (exact) mass is 285 g/mol. The van der Waals surface area contributed by atoms with E-state index in [4.69, 9.17) is 5.11 Å². The van der Waals surface area contributed by atoms with Gasteiger partial charge in [0.15, 0.2) is 0 Å². The van der Waals surface area contributed by atoms with E-state index in [0.29, 0.717) is 18.2 Å². The molecule has 19 heavy (non-hydrogen) atoms. The second kappa shape index (κ2) is 6.33. The molecule has 7 nitrogen and oxygen atoms in total. The van der Waals surface area contributed by atoms with Gasteiger partial charge in [-0.1, -0.05) is 25.6 Å². The Balaban J connectivity index is 1.81. The Bertz CT molecular complexity index is 432. The molecule has 0 saturated heterocycles. The number of carboxylic acid groups (broad SMARTS) is 1. The number of tetrazole rings is 1. The minimum Gasteiger partial charge on any atom is -0.480 e. The number of hydrogen-bond donors (Lipinski definition) is 2. The van der Waals surface area contributed by atoms with Gasteiger partial charge in [-0.05, 0) is 29.7 Å². The first kappa shape index (κ1) is 14.3. The molecule has 2 rings (SSSR count). The summed E-state index contributed by atoms with van der Waals surface area (Å²) in [4.78, 5) is 11.1. The van der Waals surface area contributed by atoms with E-state index in [9.17, 15) is 4.79 Å². The maximum absolute atomic E-state index is 11.1. The highest BCUT2D eigenvalue weighted by atomic mass is 32.2. The van der Waals surface area contributed by atoms with Crippen molar-refractivity contribution in [3.63, 3.8) is 0 Å². The van der Waals surface area contributed by atoms with Crippen molar-refractivity contribution in [2.24, 2.45) is 0 Å². The molecule has 1 aromatic rings. The first-order valence-electron chi connectivity index (χ1n) is 6.47. The molecule has 0 amide bonds. The molecule has 0 bridgehead atoms. The predicted molar refractivity (Wildman–Crippen MR) is 71.1 cm³/mol. The first-order chi connectivity index (χ1) is 9.08. The van der Waals surface area contributed by atoms with Gasteiger partial charge in [-0.25, -0.2) is 4.68 Å². The van der Waals surface area contributed by atoms with Gasteiger partial charge in [0, 0.05) is 11.8 Å². The fourth-order valence-electron chi connectivity index (χ4n) is 1.78. The lowest BCUT2D eigenvalue weighted by Crippen LogP contribution is -2.41. The SMILES string of the molecule is CC(C)NC(CCSc1nnnn1C1CC1)C(=O)O. The van der Waals surface area contributed by atoms with Crippen molar-refractivity contribution in [2.75, 3.05) is 5.75 Å². The van der Waals surface area contributed by atoms with Crippen molar-refractivity contribution in [1.82, 2.24) is 25.5 Å². The van der Waals surface area contributed by atoms with Crippen LogP contribution < -0.4 is 5.32 Å². The normalized spacial score (nSPS) is 16.8. The first-order valence-corrected chi connectivity index (χ1v) is 7.46. The van der Waals surface area contributed by atoms with Crippen LogP contribution in [0.4, 0.5) is 0 Å². The summed E-state index contributed by atoms with van der Waals surface area (Å²) in [6.45, 7) is 3.88. The smallest absolute Gasteiger partial charge is 0.320 e. The van der Waals surface area contributed by atoms with Crippen LogP contribution >= 0.6 is 11.8 Å². The molecule has 8 heteroatoms. The Morgan fingerprint density at radius 1 is 1.58 bits per heavy atom. The molecule has 0 aromatic carbocycles. The van der Waals surface area contributed by atoms with Crippen LogP contribution in [-0.4, -0.2) is 49.1 Å². The Hall–Kier alpha value is -1.15. The van der Waals surface area contributed by atoms with Crippen LogP contribution in [0.2, 0.25) is 0 Å². The van der Waals surface area contributed by atoms with Crippen molar-refractivity contribution in [2.45, 2.75) is 56.4 Å². The van der Waals surface area contributed by atoms with Gasteiger partial charge in [-0.3, -0.25) is 4.79 Å². The minimum absolute atomic E-state index is 0.155. The third-order valence-corrected chi connectivity index (χ3v) is 3.79. The minimum atomic E-state index is -0.809. The summed E-state index contributed by atoms with van der Waals surface area (Å²) in [5.41, 5.74) is 0. The molecule has 1 aliphatic carbocycles. The number of hydrogen-bond acceptors (Lipinski definition) is 6. The van der Waals surface area contributed by atoms with E-state index >= 15 is 0 Å². The molecule has 1 aliphatic rings. The molecule has 1 aromatic heterocycles. The van der Waals surface area contributed by atoms with Gasteiger partial charge in [0.05, 0.1) is 6.04 Å². The molecule has 2 N–H and O–H groups in total. The largest absolute Gasteiger partial charge is 0.480 e. The van der Waals surface area contributed by atoms with Crippen molar-refractivity contribution < 1.29 is 9.90 Å². The van der Waals surface area contributed by atoms with E-state index in [-0.39, 0.29) is 6.04 Å². The van der Waals surface area contributed by atoms with E-state index in [1.54, 1.807) is 0 Å². The van der Waals surface area contributed by atoms with Gasteiger partial charge in [0.1, 0.15) is 6.04 Å². The van der Waals surface area contributed by atoms with E-state index in [0.717, 1.165) is 18.0 Å². The quantitative estimate of drug-likeness (QED) is 0.687. The summed E-state index contributed by atoms with van der Waals surface area (Å²) in [5.74, 6) is -0.125. The zero-order chi connectivity index (χ0) is 13.8. The molecule has 0 radical (unpaired) electrons. The molecule has 1 unspecified atom stereocenters. The van der Waals surface area contributed by atoms with Crippen LogP contribution in [0.1, 0.15) is 39.2 Å². The highest BCUT2D eigenvalue weighted by Crippen LogP contribution is 2.36. The number of carbonyl (C=O) groups is 1. The molecule has 0 aliphatic heterocycles. The fraction of sp³-hybridized carbons (Fsp3) is 0.818. The topological polar surface area (TPSA) is 92.9 Å². The summed E-state index contributed by atoms with van der Waals surface area (Å²) >= 11 is 1.52. The lowest BCUT2D eigenvalue weighted by Gasteiger charge is -2.16. The Kier molecular flexibility index (Phi) is 4.76. The maximum atomic E-state index is 11.1. The molecule has 1 fully saturated rings. The second-order valence-electron chi connectivity index (χ2n) is 4.99. The van der Waals surface area contributed by atoms with Gasteiger partial charge in [-0.15, -0.1) is 5.10 Å². The molecular formula is C11H19N5O2S. The highest BCUT2D eigenvalue weighted by Gasteiger charge is 2.28. The predicted octanol–water partition coefficient (Wildman–Crippen LogP) is 0.941. The molecular weight excluding hydrogens is 266 g/mol. The van der Waals surface area contributed by atoms with Crippen LogP contribution in [0, 0.1) is 0 Å².